The Morgan fingerprint density at radius 2 is 1.86 bits per heavy atom. The van der Waals surface area contributed by atoms with Crippen LogP contribution >= 0.6 is 0 Å². The second-order valence-electron chi connectivity index (χ2n) is 6.64. The minimum atomic E-state index is 0.340. The molecule has 1 atom stereocenters. The first kappa shape index (κ1) is 15.8. The van der Waals surface area contributed by atoms with Crippen molar-refractivity contribution in [2.75, 3.05) is 39.3 Å². The lowest BCUT2D eigenvalue weighted by atomic mass is 10.1. The van der Waals surface area contributed by atoms with E-state index in [1.807, 2.05) is 0 Å². The van der Waals surface area contributed by atoms with Crippen molar-refractivity contribution in [1.29, 1.82) is 0 Å². The van der Waals surface area contributed by atoms with E-state index < -0.39 is 0 Å². The summed E-state index contributed by atoms with van der Waals surface area (Å²) in [7, 11) is 0. The Morgan fingerprint density at radius 3 is 2.64 bits per heavy atom. The third-order valence-corrected chi connectivity index (χ3v) is 4.79. The molecule has 2 saturated heterocycles. The molecule has 2 aliphatic rings. The molecule has 4 nitrogen and oxygen atoms in total. The van der Waals surface area contributed by atoms with Crippen molar-refractivity contribution in [2.45, 2.75) is 38.3 Å². The molecule has 2 N–H and O–H groups in total. The van der Waals surface area contributed by atoms with Crippen molar-refractivity contribution < 1.29 is 4.74 Å². The van der Waals surface area contributed by atoms with Crippen molar-refractivity contribution in [3.8, 4) is 5.75 Å². The Labute approximate surface area is 134 Å². The molecule has 1 aromatic rings. The zero-order chi connectivity index (χ0) is 15.2. The number of hydrogen-bond acceptors (Lipinski definition) is 4. The fourth-order valence-electron chi connectivity index (χ4n) is 3.49. The minimum Gasteiger partial charge on any atom is -0.492 e. The molecule has 0 radical (unpaired) electrons. The van der Waals surface area contributed by atoms with Crippen molar-refractivity contribution >= 4 is 0 Å². The standard InChI is InChI=1S/C18H29N3O/c19-17-8-11-21(15-17)14-16-6-2-3-7-18(16)22-13-12-20-9-4-1-5-10-20/h2-3,6-7,17H,1,4-5,8-15,19H2/t17-/m0/s1. The van der Waals surface area contributed by atoms with E-state index in [2.05, 4.69) is 34.1 Å². The Morgan fingerprint density at radius 1 is 1.05 bits per heavy atom. The zero-order valence-corrected chi connectivity index (χ0v) is 13.5. The van der Waals surface area contributed by atoms with Gasteiger partial charge in [0.2, 0.25) is 0 Å². The highest BCUT2D eigenvalue weighted by Gasteiger charge is 2.20. The largest absolute Gasteiger partial charge is 0.492 e. The van der Waals surface area contributed by atoms with Crippen molar-refractivity contribution in [3.05, 3.63) is 29.8 Å². The number of para-hydroxylation sites is 1. The first-order valence-electron chi connectivity index (χ1n) is 8.72. The van der Waals surface area contributed by atoms with Crippen molar-refractivity contribution in [2.24, 2.45) is 5.73 Å². The zero-order valence-electron chi connectivity index (χ0n) is 13.5. The van der Waals surface area contributed by atoms with Gasteiger partial charge >= 0.3 is 0 Å². The third kappa shape index (κ3) is 4.45. The van der Waals surface area contributed by atoms with Crippen LogP contribution in [-0.4, -0.2) is 55.2 Å². The van der Waals surface area contributed by atoms with E-state index in [9.17, 15) is 0 Å². The summed E-state index contributed by atoms with van der Waals surface area (Å²) in [6, 6.07) is 8.78. The lowest BCUT2D eigenvalue weighted by Gasteiger charge is -2.26. The van der Waals surface area contributed by atoms with E-state index >= 15 is 0 Å². The number of piperidine rings is 1. The molecule has 122 valence electrons. The maximum atomic E-state index is 6.08. The molecular formula is C18H29N3O. The van der Waals surface area contributed by atoms with Gasteiger partial charge in [0, 0.05) is 37.8 Å². The predicted molar refractivity (Wildman–Crippen MR) is 90.1 cm³/mol. The summed E-state index contributed by atoms with van der Waals surface area (Å²) in [5.41, 5.74) is 7.29. The molecule has 0 aromatic heterocycles. The van der Waals surface area contributed by atoms with Gasteiger partial charge < -0.3 is 10.5 Å². The van der Waals surface area contributed by atoms with Gasteiger partial charge in [0.15, 0.2) is 0 Å². The first-order chi connectivity index (χ1) is 10.8. The molecule has 3 rings (SSSR count). The molecule has 1 aromatic carbocycles. The van der Waals surface area contributed by atoms with Gasteiger partial charge in [-0.1, -0.05) is 24.6 Å². The number of ether oxygens (including phenoxy) is 1. The first-order valence-corrected chi connectivity index (χ1v) is 8.72. The van der Waals surface area contributed by atoms with Gasteiger partial charge in [-0.2, -0.15) is 0 Å². The molecule has 2 heterocycles. The van der Waals surface area contributed by atoms with E-state index in [4.69, 9.17) is 10.5 Å². The van der Waals surface area contributed by atoms with Crippen LogP contribution in [0.5, 0.6) is 5.75 Å². The van der Waals surface area contributed by atoms with E-state index in [0.717, 1.165) is 45.0 Å². The van der Waals surface area contributed by atoms with Gasteiger partial charge in [-0.15, -0.1) is 0 Å². The fourth-order valence-corrected chi connectivity index (χ4v) is 3.49. The highest BCUT2D eigenvalue weighted by atomic mass is 16.5. The molecule has 0 bridgehead atoms. The number of nitrogens with zero attached hydrogens (tertiary/aromatic N) is 2. The van der Waals surface area contributed by atoms with Crippen molar-refractivity contribution in [1.82, 2.24) is 9.80 Å². The highest BCUT2D eigenvalue weighted by Crippen LogP contribution is 2.22. The van der Waals surface area contributed by atoms with Gasteiger partial charge in [0.25, 0.3) is 0 Å². The summed E-state index contributed by atoms with van der Waals surface area (Å²) >= 11 is 0. The second-order valence-corrected chi connectivity index (χ2v) is 6.64. The predicted octanol–water partition coefficient (Wildman–Crippen LogP) is 2.08. The minimum absolute atomic E-state index is 0.340. The third-order valence-electron chi connectivity index (χ3n) is 4.79. The number of nitrogens with two attached hydrogens (primary N) is 1. The van der Waals surface area contributed by atoms with Crippen LogP contribution in [0.3, 0.4) is 0 Å². The quantitative estimate of drug-likeness (QED) is 0.874. The molecule has 0 spiro atoms. The lowest BCUT2D eigenvalue weighted by molar-refractivity contribution is 0.181. The van der Waals surface area contributed by atoms with Gasteiger partial charge in [0.1, 0.15) is 12.4 Å². The van der Waals surface area contributed by atoms with Gasteiger partial charge in [0.05, 0.1) is 0 Å². The summed E-state index contributed by atoms with van der Waals surface area (Å²) in [4.78, 5) is 4.95. The summed E-state index contributed by atoms with van der Waals surface area (Å²) in [6.45, 7) is 7.35. The van der Waals surface area contributed by atoms with Crippen LogP contribution in [0.1, 0.15) is 31.2 Å². The highest BCUT2D eigenvalue weighted by molar-refractivity contribution is 5.33. The number of hydrogen-bond donors (Lipinski definition) is 1. The molecule has 0 amide bonds. The van der Waals surface area contributed by atoms with Gasteiger partial charge in [-0.25, -0.2) is 0 Å². The molecule has 0 aliphatic carbocycles. The van der Waals surface area contributed by atoms with Crippen LogP contribution in [0.4, 0.5) is 0 Å². The lowest BCUT2D eigenvalue weighted by Crippen LogP contribution is -2.33. The summed E-state index contributed by atoms with van der Waals surface area (Å²) < 4.78 is 6.08. The smallest absolute Gasteiger partial charge is 0.123 e. The topological polar surface area (TPSA) is 41.7 Å². The fraction of sp³-hybridized carbons (Fsp3) is 0.667. The van der Waals surface area contributed by atoms with Gasteiger partial charge in [-0.3, -0.25) is 9.80 Å². The Bertz CT molecular complexity index is 459. The van der Waals surface area contributed by atoms with Crippen LogP contribution < -0.4 is 10.5 Å². The maximum Gasteiger partial charge on any atom is 0.123 e. The van der Waals surface area contributed by atoms with Crippen LogP contribution in [0.15, 0.2) is 24.3 Å². The second kappa shape index (κ2) is 7.95. The summed E-state index contributed by atoms with van der Waals surface area (Å²) in [5, 5.41) is 0. The van der Waals surface area contributed by atoms with Gasteiger partial charge in [-0.05, 0) is 38.4 Å². The van der Waals surface area contributed by atoms with E-state index in [1.165, 1.54) is 37.9 Å². The van der Waals surface area contributed by atoms with Crippen LogP contribution in [0.25, 0.3) is 0 Å². The number of rotatable bonds is 6. The molecule has 2 aliphatic heterocycles. The summed E-state index contributed by atoms with van der Waals surface area (Å²) in [5.74, 6) is 1.04. The van der Waals surface area contributed by atoms with E-state index in [0.29, 0.717) is 6.04 Å². The maximum absolute atomic E-state index is 6.08. The Kier molecular flexibility index (Phi) is 5.70. The average Bonchev–Trinajstić information content (AvgIpc) is 2.95. The van der Waals surface area contributed by atoms with Crippen molar-refractivity contribution in [3.63, 3.8) is 0 Å². The Hall–Kier alpha value is -1.10. The SMILES string of the molecule is N[C@H]1CCN(Cc2ccccc2OCCN2CCCCC2)C1. The summed E-state index contributed by atoms with van der Waals surface area (Å²) in [6.07, 6.45) is 5.17. The van der Waals surface area contributed by atoms with Crippen LogP contribution in [0.2, 0.25) is 0 Å². The number of likely N-dealkylation sites (tertiary alicyclic amines) is 2. The molecule has 4 heteroatoms. The number of benzene rings is 1. The molecule has 2 fully saturated rings. The molecule has 22 heavy (non-hydrogen) atoms. The van der Waals surface area contributed by atoms with Crippen LogP contribution in [0, 0.1) is 0 Å². The molecule has 0 unspecified atom stereocenters. The molecular weight excluding hydrogens is 274 g/mol. The van der Waals surface area contributed by atoms with E-state index in [-0.39, 0.29) is 0 Å². The Balaban J connectivity index is 1.50. The average molecular weight is 303 g/mol. The van der Waals surface area contributed by atoms with E-state index in [1.54, 1.807) is 0 Å². The normalized spacial score (nSPS) is 23.8. The molecule has 0 saturated carbocycles. The monoisotopic (exact) mass is 303 g/mol. The van der Waals surface area contributed by atoms with Crippen LogP contribution in [-0.2, 0) is 6.54 Å².